The van der Waals surface area contributed by atoms with E-state index in [0.717, 1.165) is 11.8 Å². The summed E-state index contributed by atoms with van der Waals surface area (Å²) >= 11 is 5.85. The van der Waals surface area contributed by atoms with Gasteiger partial charge >= 0.3 is 5.97 Å². The van der Waals surface area contributed by atoms with Crippen LogP contribution >= 0.6 is 11.6 Å². The summed E-state index contributed by atoms with van der Waals surface area (Å²) in [4.78, 5) is 22.2. The van der Waals surface area contributed by atoms with Crippen molar-refractivity contribution in [3.05, 3.63) is 34.9 Å². The van der Waals surface area contributed by atoms with Crippen LogP contribution in [0.2, 0.25) is 5.02 Å². The number of hydrogen-bond acceptors (Lipinski definition) is 3. The van der Waals surface area contributed by atoms with Crippen molar-refractivity contribution in [3.8, 4) is 0 Å². The van der Waals surface area contributed by atoms with E-state index >= 15 is 0 Å². The molecular formula is C13H15ClO3. The van der Waals surface area contributed by atoms with Crippen LogP contribution in [0.4, 0.5) is 0 Å². The Hall–Kier alpha value is -1.35. The Balaban J connectivity index is 2.58. The lowest BCUT2D eigenvalue weighted by Crippen LogP contribution is -2.14. The number of esters is 1. The molecule has 1 aromatic rings. The molecule has 3 nitrogen and oxygen atoms in total. The predicted octanol–water partition coefficient (Wildman–Crippen LogP) is 2.65. The SMILES string of the molecule is CCOC(=O)CC(C=O)Cc1cccc(Cl)c1. The highest BCUT2D eigenvalue weighted by atomic mass is 35.5. The molecule has 0 saturated carbocycles. The van der Waals surface area contributed by atoms with Crippen LogP contribution in [0, 0.1) is 5.92 Å². The molecular weight excluding hydrogens is 240 g/mol. The lowest BCUT2D eigenvalue weighted by Gasteiger charge is -2.09. The first-order valence-corrected chi connectivity index (χ1v) is 5.88. The third-order valence-corrected chi connectivity index (χ3v) is 2.55. The molecule has 0 N–H and O–H groups in total. The second-order valence-electron chi connectivity index (χ2n) is 3.74. The van der Waals surface area contributed by atoms with Crippen molar-refractivity contribution in [1.82, 2.24) is 0 Å². The molecule has 0 radical (unpaired) electrons. The maximum atomic E-state index is 11.3. The largest absolute Gasteiger partial charge is 0.466 e. The van der Waals surface area contributed by atoms with Gasteiger partial charge in [0.15, 0.2) is 0 Å². The Morgan fingerprint density at radius 1 is 1.53 bits per heavy atom. The van der Waals surface area contributed by atoms with Crippen molar-refractivity contribution >= 4 is 23.9 Å². The molecule has 0 heterocycles. The molecule has 1 unspecified atom stereocenters. The van der Waals surface area contributed by atoms with Gasteiger partial charge in [0.2, 0.25) is 0 Å². The predicted molar refractivity (Wildman–Crippen MR) is 66.0 cm³/mol. The summed E-state index contributed by atoms with van der Waals surface area (Å²) < 4.78 is 4.81. The second-order valence-corrected chi connectivity index (χ2v) is 4.18. The highest BCUT2D eigenvalue weighted by Gasteiger charge is 2.14. The van der Waals surface area contributed by atoms with E-state index < -0.39 is 0 Å². The standard InChI is InChI=1S/C13H15ClO3/c1-2-17-13(16)8-11(9-15)6-10-4-3-5-12(14)7-10/h3-5,7,9,11H,2,6,8H2,1H3. The third-order valence-electron chi connectivity index (χ3n) is 2.31. The van der Waals surface area contributed by atoms with Crippen molar-refractivity contribution in [1.29, 1.82) is 0 Å². The fourth-order valence-electron chi connectivity index (χ4n) is 1.57. The molecule has 17 heavy (non-hydrogen) atoms. The van der Waals surface area contributed by atoms with Gasteiger partial charge < -0.3 is 9.53 Å². The van der Waals surface area contributed by atoms with E-state index in [2.05, 4.69) is 0 Å². The summed E-state index contributed by atoms with van der Waals surface area (Å²) in [7, 11) is 0. The van der Waals surface area contributed by atoms with Gasteiger partial charge in [-0.05, 0) is 31.0 Å². The maximum absolute atomic E-state index is 11.3. The lowest BCUT2D eigenvalue weighted by molar-refractivity contribution is -0.145. The van der Waals surface area contributed by atoms with Crippen molar-refractivity contribution in [2.75, 3.05) is 6.61 Å². The van der Waals surface area contributed by atoms with Crippen LogP contribution in [0.3, 0.4) is 0 Å². The molecule has 92 valence electrons. The third kappa shape index (κ3) is 5.00. The Morgan fingerprint density at radius 2 is 2.29 bits per heavy atom. The van der Waals surface area contributed by atoms with E-state index in [1.807, 2.05) is 12.1 Å². The number of rotatable bonds is 6. The molecule has 1 aromatic carbocycles. The molecule has 0 aromatic heterocycles. The minimum absolute atomic E-state index is 0.115. The molecule has 0 aliphatic heterocycles. The number of halogens is 1. The van der Waals surface area contributed by atoms with Crippen molar-refractivity contribution < 1.29 is 14.3 Å². The van der Waals surface area contributed by atoms with Crippen molar-refractivity contribution in [2.45, 2.75) is 19.8 Å². The van der Waals surface area contributed by atoms with Crippen LogP contribution in [-0.2, 0) is 20.7 Å². The second kappa shape index (κ2) is 7.07. The zero-order chi connectivity index (χ0) is 12.7. The highest BCUT2D eigenvalue weighted by Crippen LogP contribution is 2.15. The first kappa shape index (κ1) is 13.7. The normalized spacial score (nSPS) is 11.9. The molecule has 0 fully saturated rings. The zero-order valence-corrected chi connectivity index (χ0v) is 10.4. The summed E-state index contributed by atoms with van der Waals surface area (Å²) in [5, 5.41) is 0.628. The summed E-state index contributed by atoms with van der Waals surface area (Å²) in [6.07, 6.45) is 1.41. The van der Waals surface area contributed by atoms with Gasteiger partial charge in [-0.1, -0.05) is 23.7 Å². The van der Waals surface area contributed by atoms with Gasteiger partial charge in [0.05, 0.1) is 13.0 Å². The van der Waals surface area contributed by atoms with Crippen LogP contribution in [-0.4, -0.2) is 18.9 Å². The van der Waals surface area contributed by atoms with Crippen LogP contribution in [0.15, 0.2) is 24.3 Å². The van der Waals surface area contributed by atoms with Gasteiger partial charge in [-0.3, -0.25) is 4.79 Å². The van der Waals surface area contributed by atoms with Gasteiger partial charge in [-0.15, -0.1) is 0 Å². The summed E-state index contributed by atoms with van der Waals surface area (Å²) in [5.41, 5.74) is 0.943. The zero-order valence-electron chi connectivity index (χ0n) is 9.69. The molecule has 0 spiro atoms. The molecule has 0 saturated heterocycles. The fraction of sp³-hybridized carbons (Fsp3) is 0.385. The van der Waals surface area contributed by atoms with Crippen LogP contribution in [0.5, 0.6) is 0 Å². The Kier molecular flexibility index (Phi) is 5.70. The summed E-state index contributed by atoms with van der Waals surface area (Å²) in [5.74, 6) is -0.695. The number of ether oxygens (including phenoxy) is 1. The number of hydrogen-bond donors (Lipinski definition) is 0. The Labute approximate surface area is 106 Å². The number of carbonyl (C=O) groups is 2. The Bertz CT molecular complexity index is 390. The minimum Gasteiger partial charge on any atom is -0.466 e. The van der Waals surface area contributed by atoms with E-state index in [1.165, 1.54) is 0 Å². The molecule has 1 atom stereocenters. The monoisotopic (exact) mass is 254 g/mol. The maximum Gasteiger partial charge on any atom is 0.306 e. The van der Waals surface area contributed by atoms with Gasteiger partial charge in [-0.25, -0.2) is 0 Å². The average molecular weight is 255 g/mol. The molecule has 0 aliphatic carbocycles. The first-order chi connectivity index (χ1) is 8.15. The molecule has 0 aliphatic rings. The first-order valence-electron chi connectivity index (χ1n) is 5.51. The average Bonchev–Trinajstić information content (AvgIpc) is 2.28. The van der Waals surface area contributed by atoms with E-state index in [4.69, 9.17) is 16.3 Å². The van der Waals surface area contributed by atoms with E-state index in [9.17, 15) is 9.59 Å². The number of aldehydes is 1. The smallest absolute Gasteiger partial charge is 0.306 e. The van der Waals surface area contributed by atoms with Crippen LogP contribution in [0.1, 0.15) is 18.9 Å². The molecule has 0 amide bonds. The van der Waals surface area contributed by atoms with E-state index in [1.54, 1.807) is 19.1 Å². The quantitative estimate of drug-likeness (QED) is 0.579. The van der Waals surface area contributed by atoms with Crippen LogP contribution < -0.4 is 0 Å². The lowest BCUT2D eigenvalue weighted by atomic mass is 9.98. The van der Waals surface area contributed by atoms with E-state index in [0.29, 0.717) is 18.1 Å². The molecule has 1 rings (SSSR count). The van der Waals surface area contributed by atoms with Gasteiger partial charge in [0.25, 0.3) is 0 Å². The highest BCUT2D eigenvalue weighted by molar-refractivity contribution is 6.30. The van der Waals surface area contributed by atoms with Gasteiger partial charge in [0.1, 0.15) is 6.29 Å². The van der Waals surface area contributed by atoms with Crippen molar-refractivity contribution in [2.24, 2.45) is 5.92 Å². The van der Waals surface area contributed by atoms with E-state index in [-0.39, 0.29) is 18.3 Å². The number of carbonyl (C=O) groups excluding carboxylic acids is 2. The summed E-state index contributed by atoms with van der Waals surface area (Å²) in [6, 6.07) is 7.27. The molecule has 4 heteroatoms. The Morgan fingerprint density at radius 3 is 2.88 bits per heavy atom. The van der Waals surface area contributed by atoms with Crippen molar-refractivity contribution in [3.63, 3.8) is 0 Å². The topological polar surface area (TPSA) is 43.4 Å². The van der Waals surface area contributed by atoms with Gasteiger partial charge in [-0.2, -0.15) is 0 Å². The minimum atomic E-state index is -0.354. The molecule has 0 bridgehead atoms. The van der Waals surface area contributed by atoms with Crippen LogP contribution in [0.25, 0.3) is 0 Å². The van der Waals surface area contributed by atoms with Gasteiger partial charge in [0, 0.05) is 10.9 Å². The fourth-order valence-corrected chi connectivity index (χ4v) is 1.78. The summed E-state index contributed by atoms with van der Waals surface area (Å²) in [6.45, 7) is 2.08. The number of benzene rings is 1.